The summed E-state index contributed by atoms with van der Waals surface area (Å²) in [6, 6.07) is 0. The third-order valence-corrected chi connectivity index (χ3v) is 4.65. The Kier molecular flexibility index (Phi) is 3.53. The number of fused-ring (bicyclic) bond motifs is 1. The minimum Gasteiger partial charge on any atom is -0.374 e. The predicted molar refractivity (Wildman–Crippen MR) is 88.7 cm³/mol. The average molecular weight is 296 g/mol. The van der Waals surface area contributed by atoms with Crippen molar-refractivity contribution in [1.29, 1.82) is 0 Å². The van der Waals surface area contributed by atoms with Gasteiger partial charge < -0.3 is 14.4 Å². The number of aryl methyl sites for hydroxylation is 1. The number of hydrogen-bond donors (Lipinski definition) is 0. The van der Waals surface area contributed by atoms with Gasteiger partial charge in [-0.25, -0.2) is 4.98 Å². The van der Waals surface area contributed by atoms with E-state index >= 15 is 0 Å². The summed E-state index contributed by atoms with van der Waals surface area (Å²) < 4.78 is 2.22. The van der Waals surface area contributed by atoms with Crippen LogP contribution in [0.5, 0.6) is 0 Å². The number of allylic oxidation sites excluding steroid dienone is 3. The summed E-state index contributed by atoms with van der Waals surface area (Å²) in [5, 5.41) is 0. The van der Waals surface area contributed by atoms with Crippen molar-refractivity contribution in [2.24, 2.45) is 5.92 Å². The molecule has 22 heavy (non-hydrogen) atoms. The third-order valence-electron chi connectivity index (χ3n) is 4.65. The maximum atomic E-state index is 4.48. The zero-order valence-electron chi connectivity index (χ0n) is 13.3. The molecule has 1 fully saturated rings. The first-order chi connectivity index (χ1) is 10.8. The van der Waals surface area contributed by atoms with Gasteiger partial charge in [0, 0.05) is 50.8 Å². The topological polar surface area (TPSA) is 24.3 Å². The molecule has 0 unspecified atom stereocenters. The first-order valence-electron chi connectivity index (χ1n) is 8.48. The fraction of sp³-hybridized carbons (Fsp3) is 0.500. The minimum absolute atomic E-state index is 0.949. The second-order valence-corrected chi connectivity index (χ2v) is 6.54. The Labute approximate surface area is 132 Å². The summed E-state index contributed by atoms with van der Waals surface area (Å²) in [5.74, 6) is 2.10. The fourth-order valence-corrected chi connectivity index (χ4v) is 3.24. The predicted octanol–water partition coefficient (Wildman–Crippen LogP) is 3.07. The van der Waals surface area contributed by atoms with Gasteiger partial charge >= 0.3 is 0 Å². The van der Waals surface area contributed by atoms with Crippen molar-refractivity contribution < 1.29 is 0 Å². The van der Waals surface area contributed by atoms with E-state index in [1.54, 1.807) is 0 Å². The molecule has 1 aromatic rings. The van der Waals surface area contributed by atoms with Crippen LogP contribution in [-0.2, 0) is 6.42 Å². The molecule has 1 aromatic heterocycles. The van der Waals surface area contributed by atoms with E-state index in [0.717, 1.165) is 37.7 Å². The SMILES string of the molecule is CCCc1nccn1C1=CN2CCN(CC3CC3)C=C2C=C1. The van der Waals surface area contributed by atoms with Crippen LogP contribution in [-0.4, -0.2) is 39.0 Å². The summed E-state index contributed by atoms with van der Waals surface area (Å²) in [5.41, 5.74) is 2.53. The molecule has 0 spiro atoms. The Hall–Kier alpha value is -1.97. The molecule has 116 valence electrons. The molecule has 4 heteroatoms. The quantitative estimate of drug-likeness (QED) is 0.834. The lowest BCUT2D eigenvalue weighted by atomic mass is 10.2. The van der Waals surface area contributed by atoms with E-state index < -0.39 is 0 Å². The maximum Gasteiger partial charge on any atom is 0.113 e. The molecular weight excluding hydrogens is 272 g/mol. The number of imidazole rings is 1. The first-order valence-corrected chi connectivity index (χ1v) is 8.48. The van der Waals surface area contributed by atoms with Crippen LogP contribution in [0, 0.1) is 5.92 Å². The van der Waals surface area contributed by atoms with Gasteiger partial charge in [0.25, 0.3) is 0 Å². The molecule has 0 N–H and O–H groups in total. The lowest BCUT2D eigenvalue weighted by molar-refractivity contribution is 0.281. The van der Waals surface area contributed by atoms with Crippen LogP contribution < -0.4 is 0 Å². The van der Waals surface area contributed by atoms with Crippen molar-refractivity contribution >= 4 is 5.70 Å². The minimum atomic E-state index is 0.949. The van der Waals surface area contributed by atoms with Gasteiger partial charge in [0.15, 0.2) is 0 Å². The lowest BCUT2D eigenvalue weighted by Gasteiger charge is -2.35. The highest BCUT2D eigenvalue weighted by Gasteiger charge is 2.26. The van der Waals surface area contributed by atoms with Crippen molar-refractivity contribution in [2.75, 3.05) is 19.6 Å². The highest BCUT2D eigenvalue weighted by atomic mass is 15.2. The van der Waals surface area contributed by atoms with Crippen molar-refractivity contribution in [3.05, 3.63) is 48.5 Å². The Balaban J connectivity index is 1.53. The standard InChI is InChI=1S/C18H24N4/c1-2-3-18-19-8-9-22(18)17-7-6-16-13-20(12-15-4-5-15)10-11-21(16)14-17/h6-9,13-15H,2-5,10-12H2,1H3. The van der Waals surface area contributed by atoms with Crippen molar-refractivity contribution in [3.8, 4) is 0 Å². The fourth-order valence-electron chi connectivity index (χ4n) is 3.24. The van der Waals surface area contributed by atoms with Gasteiger partial charge in [-0.15, -0.1) is 0 Å². The van der Waals surface area contributed by atoms with E-state index in [1.165, 1.54) is 30.8 Å². The normalized spacial score (nSPS) is 20.8. The highest BCUT2D eigenvalue weighted by Crippen LogP contribution is 2.31. The van der Waals surface area contributed by atoms with Crippen LogP contribution in [0.4, 0.5) is 0 Å². The molecule has 4 nitrogen and oxygen atoms in total. The number of hydrogen-bond acceptors (Lipinski definition) is 3. The van der Waals surface area contributed by atoms with E-state index in [-0.39, 0.29) is 0 Å². The van der Waals surface area contributed by atoms with Gasteiger partial charge in [-0.1, -0.05) is 6.92 Å². The first kappa shape index (κ1) is 13.7. The summed E-state index contributed by atoms with van der Waals surface area (Å²) >= 11 is 0. The van der Waals surface area contributed by atoms with Gasteiger partial charge in [-0.05, 0) is 37.3 Å². The van der Waals surface area contributed by atoms with Crippen molar-refractivity contribution in [1.82, 2.24) is 19.4 Å². The second kappa shape index (κ2) is 5.67. The lowest BCUT2D eigenvalue weighted by Crippen LogP contribution is -2.37. The molecule has 3 aliphatic rings. The van der Waals surface area contributed by atoms with Gasteiger partial charge in [0.2, 0.25) is 0 Å². The van der Waals surface area contributed by atoms with Crippen molar-refractivity contribution in [2.45, 2.75) is 32.6 Å². The Morgan fingerprint density at radius 3 is 2.82 bits per heavy atom. The van der Waals surface area contributed by atoms with E-state index in [1.807, 2.05) is 6.20 Å². The summed E-state index contributed by atoms with van der Waals surface area (Å²) in [4.78, 5) is 9.35. The molecular formula is C18H24N4. The maximum absolute atomic E-state index is 4.48. The molecule has 4 rings (SSSR count). The molecule has 3 heterocycles. The van der Waals surface area contributed by atoms with Gasteiger partial charge in [0.05, 0.1) is 11.4 Å². The van der Waals surface area contributed by atoms with Crippen LogP contribution in [0.2, 0.25) is 0 Å². The summed E-state index contributed by atoms with van der Waals surface area (Å²) in [7, 11) is 0. The zero-order chi connectivity index (χ0) is 14.9. The molecule has 1 aliphatic carbocycles. The second-order valence-electron chi connectivity index (χ2n) is 6.54. The van der Waals surface area contributed by atoms with Crippen molar-refractivity contribution in [3.63, 3.8) is 0 Å². The highest BCUT2D eigenvalue weighted by molar-refractivity contribution is 5.61. The van der Waals surface area contributed by atoms with Crippen LogP contribution in [0.15, 0.2) is 42.6 Å². The van der Waals surface area contributed by atoms with E-state index in [9.17, 15) is 0 Å². The largest absolute Gasteiger partial charge is 0.374 e. The van der Waals surface area contributed by atoms with Crippen LogP contribution >= 0.6 is 0 Å². The molecule has 0 atom stereocenters. The van der Waals surface area contributed by atoms with E-state index in [0.29, 0.717) is 0 Å². The Bertz CT molecular complexity index is 633. The third kappa shape index (κ3) is 2.70. The van der Waals surface area contributed by atoms with Gasteiger partial charge in [0.1, 0.15) is 5.82 Å². The van der Waals surface area contributed by atoms with E-state index in [2.05, 4.69) is 57.0 Å². The Morgan fingerprint density at radius 2 is 2.00 bits per heavy atom. The number of nitrogens with zero attached hydrogens (tertiary/aromatic N) is 4. The Morgan fingerprint density at radius 1 is 1.14 bits per heavy atom. The van der Waals surface area contributed by atoms with Crippen LogP contribution in [0.1, 0.15) is 32.0 Å². The number of rotatable bonds is 5. The van der Waals surface area contributed by atoms with Crippen LogP contribution in [0.25, 0.3) is 5.70 Å². The van der Waals surface area contributed by atoms with E-state index in [4.69, 9.17) is 0 Å². The summed E-state index contributed by atoms with van der Waals surface area (Å²) in [6.45, 7) is 5.64. The summed E-state index contributed by atoms with van der Waals surface area (Å²) in [6.07, 6.45) is 18.0. The van der Waals surface area contributed by atoms with Gasteiger partial charge in [-0.3, -0.25) is 0 Å². The monoisotopic (exact) mass is 296 g/mol. The van der Waals surface area contributed by atoms with Crippen LogP contribution in [0.3, 0.4) is 0 Å². The molecule has 0 bridgehead atoms. The molecule has 0 aromatic carbocycles. The molecule has 1 saturated carbocycles. The molecule has 2 aliphatic heterocycles. The molecule has 0 saturated heterocycles. The zero-order valence-corrected chi connectivity index (χ0v) is 13.3. The number of aromatic nitrogens is 2. The smallest absolute Gasteiger partial charge is 0.113 e. The average Bonchev–Trinajstić information content (AvgIpc) is 3.23. The molecule has 0 radical (unpaired) electrons. The molecule has 0 amide bonds. The van der Waals surface area contributed by atoms with Gasteiger partial charge in [-0.2, -0.15) is 0 Å².